The molecule has 1 N–H and O–H groups in total. The Bertz CT molecular complexity index is 111. The highest BCUT2D eigenvalue weighted by Gasteiger charge is 2.22. The number of carbonyl (C=O) groups excluding carboxylic acids is 1. The third kappa shape index (κ3) is 1.57. The van der Waals surface area contributed by atoms with Crippen LogP contribution in [-0.2, 0) is 9.47 Å². The zero-order chi connectivity index (χ0) is 6.69. The van der Waals surface area contributed by atoms with Gasteiger partial charge in [-0.05, 0) is 0 Å². The highest BCUT2D eigenvalue weighted by Crippen LogP contribution is 2.09. The average Bonchev–Trinajstić information content (AvgIpc) is 1.78. The summed E-state index contributed by atoms with van der Waals surface area (Å²) in [6.07, 6.45) is -0.565. The maximum absolute atomic E-state index is 10.4. The van der Waals surface area contributed by atoms with Crippen molar-refractivity contribution in [2.75, 3.05) is 13.7 Å². The van der Waals surface area contributed by atoms with E-state index in [1.807, 2.05) is 0 Å². The Hall–Kier alpha value is -0.770. The first-order valence-corrected chi connectivity index (χ1v) is 2.66. The summed E-state index contributed by atoms with van der Waals surface area (Å²) in [5.41, 5.74) is 0. The lowest BCUT2D eigenvalue weighted by molar-refractivity contribution is -0.0474. The molecule has 1 unspecified atom stereocenters. The Morgan fingerprint density at radius 1 is 2.00 bits per heavy atom. The van der Waals surface area contributed by atoms with Crippen LogP contribution in [0.3, 0.4) is 0 Å². The van der Waals surface area contributed by atoms with Crippen LogP contribution < -0.4 is 5.32 Å². The molecule has 0 aromatic heterocycles. The van der Waals surface area contributed by atoms with Crippen molar-refractivity contribution in [3.05, 3.63) is 6.61 Å². The van der Waals surface area contributed by atoms with Gasteiger partial charge in [-0.25, -0.2) is 4.79 Å². The van der Waals surface area contributed by atoms with Crippen LogP contribution in [0.1, 0.15) is 0 Å². The second-order valence-electron chi connectivity index (χ2n) is 1.66. The lowest BCUT2D eigenvalue weighted by Crippen LogP contribution is -2.36. The van der Waals surface area contributed by atoms with Gasteiger partial charge in [0, 0.05) is 7.05 Å². The smallest absolute Gasteiger partial charge is 0.407 e. The minimum atomic E-state index is -0.417. The van der Waals surface area contributed by atoms with Gasteiger partial charge >= 0.3 is 6.09 Å². The molecule has 0 aromatic carbocycles. The van der Waals surface area contributed by atoms with E-state index in [1.165, 1.54) is 13.7 Å². The molecule has 1 heterocycles. The third-order valence-corrected chi connectivity index (χ3v) is 0.971. The Kier molecular flexibility index (Phi) is 1.89. The van der Waals surface area contributed by atoms with Gasteiger partial charge in [-0.1, -0.05) is 0 Å². The van der Waals surface area contributed by atoms with E-state index in [4.69, 9.17) is 4.74 Å². The summed E-state index contributed by atoms with van der Waals surface area (Å²) in [6.45, 7) is 1.96. The minimum Gasteiger partial charge on any atom is -0.441 e. The summed E-state index contributed by atoms with van der Waals surface area (Å²) < 4.78 is 9.36. The van der Waals surface area contributed by atoms with Crippen molar-refractivity contribution < 1.29 is 14.3 Å². The maximum atomic E-state index is 10.4. The molecular formula is C5H8NO3. The van der Waals surface area contributed by atoms with E-state index in [1.54, 1.807) is 0 Å². The molecule has 4 heteroatoms. The average molecular weight is 130 g/mol. The van der Waals surface area contributed by atoms with E-state index >= 15 is 0 Å². The third-order valence-electron chi connectivity index (χ3n) is 0.971. The van der Waals surface area contributed by atoms with E-state index in [2.05, 4.69) is 10.1 Å². The lowest BCUT2D eigenvalue weighted by Gasteiger charge is -2.24. The van der Waals surface area contributed by atoms with Gasteiger partial charge < -0.3 is 14.8 Å². The predicted molar refractivity (Wildman–Crippen MR) is 29.6 cm³/mol. The number of ether oxygens (including phenoxy) is 2. The van der Waals surface area contributed by atoms with Crippen LogP contribution in [-0.4, -0.2) is 25.9 Å². The maximum Gasteiger partial charge on any atom is 0.407 e. The zero-order valence-electron chi connectivity index (χ0n) is 5.09. The van der Waals surface area contributed by atoms with Crippen LogP contribution in [0.2, 0.25) is 0 Å². The molecule has 1 amide bonds. The molecule has 1 aliphatic heterocycles. The Morgan fingerprint density at radius 3 is 3.00 bits per heavy atom. The van der Waals surface area contributed by atoms with Crippen molar-refractivity contribution >= 4 is 6.09 Å². The van der Waals surface area contributed by atoms with E-state index in [0.717, 1.165) is 0 Å². The van der Waals surface area contributed by atoms with Crippen molar-refractivity contribution in [2.45, 2.75) is 6.10 Å². The normalized spacial score (nSPS) is 18.3. The van der Waals surface area contributed by atoms with Gasteiger partial charge in [-0.15, -0.1) is 0 Å². The Morgan fingerprint density at radius 2 is 2.67 bits per heavy atom. The van der Waals surface area contributed by atoms with Crippen LogP contribution in [0.15, 0.2) is 0 Å². The molecule has 0 saturated carbocycles. The molecule has 1 atom stereocenters. The summed E-state index contributed by atoms with van der Waals surface area (Å²) in [6, 6.07) is 0. The molecule has 4 nitrogen and oxygen atoms in total. The van der Waals surface area contributed by atoms with Crippen LogP contribution in [0.4, 0.5) is 4.79 Å². The first-order valence-electron chi connectivity index (χ1n) is 2.66. The number of carbonyl (C=O) groups is 1. The first-order chi connectivity index (χ1) is 4.33. The van der Waals surface area contributed by atoms with Crippen molar-refractivity contribution in [3.8, 4) is 0 Å². The van der Waals surface area contributed by atoms with Gasteiger partial charge in [-0.2, -0.15) is 0 Å². The van der Waals surface area contributed by atoms with Gasteiger partial charge in [0.25, 0.3) is 0 Å². The Labute approximate surface area is 53.1 Å². The molecule has 9 heavy (non-hydrogen) atoms. The van der Waals surface area contributed by atoms with Crippen LogP contribution in [0, 0.1) is 6.61 Å². The number of amides is 1. The fraction of sp³-hybridized carbons (Fsp3) is 0.600. The largest absolute Gasteiger partial charge is 0.441 e. The standard InChI is InChI=1S/C5H8NO3/c1-6-5(7)9-4-2-8-3-4/h2,4H,3H2,1H3,(H,6,7). The molecule has 51 valence electrons. The molecule has 1 radical (unpaired) electrons. The molecule has 0 spiro atoms. The lowest BCUT2D eigenvalue weighted by atomic mass is 10.3. The van der Waals surface area contributed by atoms with Gasteiger partial charge in [0.15, 0.2) is 6.10 Å². The van der Waals surface area contributed by atoms with Gasteiger partial charge in [0.05, 0.1) is 6.61 Å². The summed E-state index contributed by atoms with van der Waals surface area (Å²) in [7, 11) is 1.52. The predicted octanol–water partition coefficient (Wildman–Crippen LogP) is -0.0970. The summed E-state index contributed by atoms with van der Waals surface area (Å²) >= 11 is 0. The molecule has 1 fully saturated rings. The van der Waals surface area contributed by atoms with Crippen molar-refractivity contribution in [2.24, 2.45) is 0 Å². The molecule has 0 bridgehead atoms. The van der Waals surface area contributed by atoms with Crippen LogP contribution in [0.5, 0.6) is 0 Å². The van der Waals surface area contributed by atoms with E-state index in [9.17, 15) is 4.79 Å². The number of hydrogen-bond donors (Lipinski definition) is 1. The topological polar surface area (TPSA) is 47.6 Å². The molecule has 1 saturated heterocycles. The SMILES string of the molecule is CNC(=O)OC1[CH]OC1. The van der Waals surface area contributed by atoms with Crippen LogP contribution >= 0.6 is 0 Å². The quantitative estimate of drug-likeness (QED) is 0.539. The number of nitrogens with one attached hydrogen (secondary N) is 1. The van der Waals surface area contributed by atoms with Crippen LogP contribution in [0.25, 0.3) is 0 Å². The molecule has 1 rings (SSSR count). The fourth-order valence-corrected chi connectivity index (χ4v) is 0.433. The first kappa shape index (κ1) is 6.35. The molecule has 0 aromatic rings. The van der Waals surface area contributed by atoms with Gasteiger partial charge in [0.1, 0.15) is 6.61 Å². The van der Waals surface area contributed by atoms with E-state index in [0.29, 0.717) is 6.61 Å². The molecule has 0 aliphatic carbocycles. The van der Waals surface area contributed by atoms with Gasteiger partial charge in [0.2, 0.25) is 0 Å². The second-order valence-corrected chi connectivity index (χ2v) is 1.66. The van der Waals surface area contributed by atoms with Crippen molar-refractivity contribution in [3.63, 3.8) is 0 Å². The minimum absolute atomic E-state index is 0.148. The highest BCUT2D eigenvalue weighted by molar-refractivity contribution is 5.67. The summed E-state index contributed by atoms with van der Waals surface area (Å²) in [4.78, 5) is 10.4. The highest BCUT2D eigenvalue weighted by atomic mass is 16.6. The summed E-state index contributed by atoms with van der Waals surface area (Å²) in [5, 5.41) is 2.33. The van der Waals surface area contributed by atoms with Crippen molar-refractivity contribution in [1.29, 1.82) is 0 Å². The van der Waals surface area contributed by atoms with E-state index in [-0.39, 0.29) is 6.10 Å². The second kappa shape index (κ2) is 2.68. The van der Waals surface area contributed by atoms with Crippen molar-refractivity contribution in [1.82, 2.24) is 5.32 Å². The summed E-state index contributed by atoms with van der Waals surface area (Å²) in [5.74, 6) is 0. The monoisotopic (exact) mass is 130 g/mol. The zero-order valence-corrected chi connectivity index (χ0v) is 5.09. The van der Waals surface area contributed by atoms with E-state index < -0.39 is 6.09 Å². The number of hydrogen-bond acceptors (Lipinski definition) is 3. The molecule has 1 aliphatic rings. The molecular weight excluding hydrogens is 122 g/mol. The Balaban J connectivity index is 2.09. The fourth-order valence-electron chi connectivity index (χ4n) is 0.433. The van der Waals surface area contributed by atoms with Gasteiger partial charge in [-0.3, -0.25) is 0 Å². The number of alkyl carbamates (subject to hydrolysis) is 1. The number of rotatable bonds is 1.